The fourth-order valence-corrected chi connectivity index (χ4v) is 2.71. The Kier molecular flexibility index (Phi) is 4.10. The second kappa shape index (κ2) is 5.43. The zero-order valence-corrected chi connectivity index (χ0v) is 12.3. The van der Waals surface area contributed by atoms with Gasteiger partial charge in [0, 0.05) is 24.8 Å². The predicted molar refractivity (Wildman–Crippen MR) is 75.5 cm³/mol. The smallest absolute Gasteiger partial charge is 0.105 e. The molecule has 1 aliphatic rings. The summed E-state index contributed by atoms with van der Waals surface area (Å²) in [5, 5.41) is 3.56. The number of hydrogen-bond acceptors (Lipinski definition) is 2. The van der Waals surface area contributed by atoms with Crippen LogP contribution in [0.4, 0.5) is 0 Å². The van der Waals surface area contributed by atoms with Crippen LogP contribution in [0.2, 0.25) is 0 Å². The van der Waals surface area contributed by atoms with Gasteiger partial charge in [-0.05, 0) is 46.5 Å². The topological polar surface area (TPSA) is 29.9 Å². The fraction of sp³-hybridized carbons (Fsp3) is 0.800. The maximum absolute atomic E-state index is 4.48. The molecule has 1 fully saturated rings. The van der Waals surface area contributed by atoms with Crippen LogP contribution in [0.5, 0.6) is 0 Å². The average Bonchev–Trinajstić information content (AvgIpc) is 2.88. The summed E-state index contributed by atoms with van der Waals surface area (Å²) < 4.78 is 2.41. The van der Waals surface area contributed by atoms with Crippen LogP contribution in [0.15, 0.2) is 6.20 Å². The summed E-state index contributed by atoms with van der Waals surface area (Å²) in [7, 11) is 0. The number of rotatable bonds is 4. The van der Waals surface area contributed by atoms with E-state index in [0.29, 0.717) is 0 Å². The van der Waals surface area contributed by atoms with Crippen LogP contribution in [0.25, 0.3) is 0 Å². The lowest BCUT2D eigenvalue weighted by Gasteiger charge is -2.22. The summed E-state index contributed by atoms with van der Waals surface area (Å²) in [4.78, 5) is 4.48. The van der Waals surface area contributed by atoms with Crippen LogP contribution in [-0.4, -0.2) is 15.1 Å². The average molecular weight is 249 g/mol. The first-order valence-corrected chi connectivity index (χ1v) is 7.22. The Balaban J connectivity index is 2.01. The quantitative estimate of drug-likeness (QED) is 0.887. The second-order valence-electron chi connectivity index (χ2n) is 6.66. The van der Waals surface area contributed by atoms with Gasteiger partial charge < -0.3 is 9.88 Å². The fourth-order valence-electron chi connectivity index (χ4n) is 2.71. The molecule has 3 heteroatoms. The van der Waals surface area contributed by atoms with Crippen LogP contribution in [-0.2, 0) is 13.1 Å². The molecule has 102 valence electrons. The van der Waals surface area contributed by atoms with Gasteiger partial charge in [-0.1, -0.05) is 12.8 Å². The molecule has 1 saturated carbocycles. The molecule has 0 amide bonds. The number of aryl methyl sites for hydroxylation is 1. The molecule has 0 aromatic carbocycles. The van der Waals surface area contributed by atoms with E-state index >= 15 is 0 Å². The van der Waals surface area contributed by atoms with Gasteiger partial charge in [0.15, 0.2) is 0 Å². The minimum Gasteiger partial charge on any atom is -0.331 e. The maximum Gasteiger partial charge on any atom is 0.105 e. The third-order valence-electron chi connectivity index (χ3n) is 3.85. The molecular weight excluding hydrogens is 222 g/mol. The van der Waals surface area contributed by atoms with E-state index in [1.807, 2.05) is 6.20 Å². The van der Waals surface area contributed by atoms with Crippen molar-refractivity contribution in [3.8, 4) is 0 Å². The molecule has 0 atom stereocenters. The van der Waals surface area contributed by atoms with Crippen molar-refractivity contribution in [1.29, 1.82) is 0 Å². The standard InChI is InChI=1S/C15H27N3/c1-12-16-9-14(10-17-15(2,3)4)18(12)11-13-7-5-6-8-13/h9,13,17H,5-8,10-11H2,1-4H3. The molecule has 1 aromatic rings. The molecule has 0 radical (unpaired) electrons. The zero-order chi connectivity index (χ0) is 13.2. The Labute approximate surface area is 111 Å². The van der Waals surface area contributed by atoms with Gasteiger partial charge in [0.25, 0.3) is 0 Å². The van der Waals surface area contributed by atoms with Crippen molar-refractivity contribution in [2.75, 3.05) is 0 Å². The van der Waals surface area contributed by atoms with Gasteiger partial charge in [0.05, 0.1) is 5.69 Å². The second-order valence-corrected chi connectivity index (χ2v) is 6.66. The first-order valence-electron chi connectivity index (χ1n) is 7.22. The zero-order valence-electron chi connectivity index (χ0n) is 12.3. The van der Waals surface area contributed by atoms with E-state index in [4.69, 9.17) is 0 Å². The molecule has 0 saturated heterocycles. The highest BCUT2D eigenvalue weighted by Gasteiger charge is 2.18. The van der Waals surface area contributed by atoms with E-state index in [2.05, 4.69) is 42.6 Å². The molecular formula is C15H27N3. The summed E-state index contributed by atoms with van der Waals surface area (Å²) in [5.41, 5.74) is 1.49. The van der Waals surface area contributed by atoms with Crippen molar-refractivity contribution in [3.63, 3.8) is 0 Å². The molecule has 3 nitrogen and oxygen atoms in total. The van der Waals surface area contributed by atoms with Gasteiger partial charge in [0.1, 0.15) is 5.82 Å². The molecule has 18 heavy (non-hydrogen) atoms. The molecule has 0 bridgehead atoms. The van der Waals surface area contributed by atoms with E-state index in [1.54, 1.807) is 0 Å². The van der Waals surface area contributed by atoms with Gasteiger partial charge in [0.2, 0.25) is 0 Å². The van der Waals surface area contributed by atoms with Crippen LogP contribution >= 0.6 is 0 Å². The van der Waals surface area contributed by atoms with E-state index < -0.39 is 0 Å². The maximum atomic E-state index is 4.48. The minimum absolute atomic E-state index is 0.163. The first-order chi connectivity index (χ1) is 8.46. The van der Waals surface area contributed by atoms with Gasteiger partial charge in [-0.15, -0.1) is 0 Å². The Morgan fingerprint density at radius 1 is 1.33 bits per heavy atom. The third kappa shape index (κ3) is 3.58. The van der Waals surface area contributed by atoms with Crippen molar-refractivity contribution in [2.24, 2.45) is 5.92 Å². The van der Waals surface area contributed by atoms with E-state index in [9.17, 15) is 0 Å². The lowest BCUT2D eigenvalue weighted by Crippen LogP contribution is -2.35. The van der Waals surface area contributed by atoms with Crippen molar-refractivity contribution < 1.29 is 0 Å². The SMILES string of the molecule is Cc1ncc(CNC(C)(C)C)n1CC1CCCC1. The molecule has 0 spiro atoms. The highest BCUT2D eigenvalue weighted by Crippen LogP contribution is 2.27. The van der Waals surface area contributed by atoms with Crippen molar-refractivity contribution in [1.82, 2.24) is 14.9 Å². The van der Waals surface area contributed by atoms with Crippen LogP contribution < -0.4 is 5.32 Å². The summed E-state index contributed by atoms with van der Waals surface area (Å²) >= 11 is 0. The third-order valence-corrected chi connectivity index (χ3v) is 3.85. The Morgan fingerprint density at radius 3 is 2.61 bits per heavy atom. The summed E-state index contributed by atoms with van der Waals surface area (Å²) in [6.45, 7) is 10.8. The summed E-state index contributed by atoms with van der Waals surface area (Å²) in [6.07, 6.45) is 7.64. The number of nitrogens with zero attached hydrogens (tertiary/aromatic N) is 2. The molecule has 0 aliphatic heterocycles. The van der Waals surface area contributed by atoms with Gasteiger partial charge in [-0.25, -0.2) is 4.98 Å². The largest absolute Gasteiger partial charge is 0.331 e. The number of hydrogen-bond donors (Lipinski definition) is 1. The van der Waals surface area contributed by atoms with E-state index in [0.717, 1.165) is 24.8 Å². The van der Waals surface area contributed by atoms with Crippen LogP contribution in [0.3, 0.4) is 0 Å². The molecule has 2 rings (SSSR count). The normalized spacial score (nSPS) is 17.6. The number of aromatic nitrogens is 2. The van der Waals surface area contributed by atoms with E-state index in [1.165, 1.54) is 31.4 Å². The van der Waals surface area contributed by atoms with E-state index in [-0.39, 0.29) is 5.54 Å². The molecule has 1 heterocycles. The minimum atomic E-state index is 0.163. The highest BCUT2D eigenvalue weighted by molar-refractivity contribution is 5.05. The molecule has 0 unspecified atom stereocenters. The molecule has 1 aromatic heterocycles. The summed E-state index contributed by atoms with van der Waals surface area (Å²) in [6, 6.07) is 0. The monoisotopic (exact) mass is 249 g/mol. The van der Waals surface area contributed by atoms with Crippen molar-refractivity contribution >= 4 is 0 Å². The number of imidazole rings is 1. The molecule has 1 aliphatic carbocycles. The lowest BCUT2D eigenvalue weighted by molar-refractivity contribution is 0.399. The van der Waals surface area contributed by atoms with Gasteiger partial charge in [-0.3, -0.25) is 0 Å². The summed E-state index contributed by atoms with van der Waals surface area (Å²) in [5.74, 6) is 2.03. The first kappa shape index (κ1) is 13.6. The van der Waals surface area contributed by atoms with Gasteiger partial charge >= 0.3 is 0 Å². The predicted octanol–water partition coefficient (Wildman–Crippen LogP) is 3.27. The van der Waals surface area contributed by atoms with Crippen LogP contribution in [0, 0.1) is 12.8 Å². The van der Waals surface area contributed by atoms with Crippen molar-refractivity contribution in [3.05, 3.63) is 17.7 Å². The van der Waals surface area contributed by atoms with Gasteiger partial charge in [-0.2, -0.15) is 0 Å². The Bertz CT molecular complexity index is 381. The molecule has 1 N–H and O–H groups in total. The lowest BCUT2D eigenvalue weighted by atomic mass is 10.1. The van der Waals surface area contributed by atoms with Crippen LogP contribution in [0.1, 0.15) is 58.0 Å². The van der Waals surface area contributed by atoms with Crippen molar-refractivity contribution in [2.45, 2.75) is 72.0 Å². The number of nitrogens with one attached hydrogen (secondary N) is 1. The Hall–Kier alpha value is -0.830. The Morgan fingerprint density at radius 2 is 2.00 bits per heavy atom. The highest BCUT2D eigenvalue weighted by atomic mass is 15.1.